The molecule has 136 valence electrons. The topological polar surface area (TPSA) is 9.23 Å². The van der Waals surface area contributed by atoms with Crippen LogP contribution < -0.4 is 0 Å². The number of hydrogen-bond donors (Lipinski definition) is 0. The summed E-state index contributed by atoms with van der Waals surface area (Å²) in [6.45, 7) is 5.35. The minimum Gasteiger partial charge on any atom is -0.379 e. The molecule has 0 aromatic rings. The van der Waals surface area contributed by atoms with Crippen molar-refractivity contribution in [2.45, 2.75) is 116 Å². The Labute approximate surface area is 146 Å². The monoisotopic (exact) mass is 322 g/mol. The summed E-state index contributed by atoms with van der Waals surface area (Å²) >= 11 is 0. The van der Waals surface area contributed by atoms with E-state index in [0.717, 1.165) is 24.4 Å². The minimum absolute atomic E-state index is 0.584. The summed E-state index contributed by atoms with van der Waals surface area (Å²) in [5.74, 6) is 3.15. The fourth-order valence-electron chi connectivity index (χ4n) is 5.12. The van der Waals surface area contributed by atoms with Crippen LogP contribution >= 0.6 is 0 Å². The van der Waals surface area contributed by atoms with E-state index < -0.39 is 0 Å². The summed E-state index contributed by atoms with van der Waals surface area (Å²) < 4.78 is 5.81. The number of ether oxygens (including phenoxy) is 1. The molecule has 0 radical (unpaired) electrons. The lowest BCUT2D eigenvalue weighted by Crippen LogP contribution is -2.28. The molecular weight excluding hydrogens is 280 g/mol. The van der Waals surface area contributed by atoms with Crippen LogP contribution in [0.2, 0.25) is 0 Å². The van der Waals surface area contributed by atoms with Gasteiger partial charge in [-0.3, -0.25) is 0 Å². The van der Waals surface area contributed by atoms with Crippen molar-refractivity contribution in [3.63, 3.8) is 0 Å². The summed E-state index contributed by atoms with van der Waals surface area (Å²) in [7, 11) is 0. The molecular formula is C22H42O. The lowest BCUT2D eigenvalue weighted by molar-refractivity contribution is 0.0134. The highest BCUT2D eigenvalue weighted by molar-refractivity contribution is 4.82. The summed E-state index contributed by atoms with van der Waals surface area (Å²) in [5.41, 5.74) is 0. The normalized spacial score (nSPS) is 32.1. The maximum Gasteiger partial charge on any atom is 0.0575 e. The van der Waals surface area contributed by atoms with Gasteiger partial charge >= 0.3 is 0 Å². The van der Waals surface area contributed by atoms with E-state index in [1.54, 1.807) is 0 Å². The molecule has 0 atom stereocenters. The van der Waals surface area contributed by atoms with Gasteiger partial charge in [-0.2, -0.15) is 0 Å². The summed E-state index contributed by atoms with van der Waals surface area (Å²) in [6, 6.07) is 0. The molecule has 0 bridgehead atoms. The van der Waals surface area contributed by atoms with E-state index in [-0.39, 0.29) is 0 Å². The van der Waals surface area contributed by atoms with Gasteiger partial charge < -0.3 is 4.74 Å². The summed E-state index contributed by atoms with van der Waals surface area (Å²) in [4.78, 5) is 0. The average molecular weight is 323 g/mol. The van der Waals surface area contributed by atoms with Crippen molar-refractivity contribution in [3.05, 3.63) is 0 Å². The quantitative estimate of drug-likeness (QED) is 0.388. The van der Waals surface area contributed by atoms with Crippen LogP contribution in [0.3, 0.4) is 0 Å². The van der Waals surface area contributed by atoms with Crippen LogP contribution in [0.1, 0.15) is 110 Å². The predicted octanol–water partition coefficient (Wildman–Crippen LogP) is 7.14. The zero-order valence-electron chi connectivity index (χ0n) is 16.0. The van der Waals surface area contributed by atoms with E-state index in [9.17, 15) is 0 Å². The molecule has 2 saturated carbocycles. The molecule has 0 heterocycles. The fraction of sp³-hybridized carbons (Fsp3) is 1.00. The molecule has 2 aliphatic rings. The van der Waals surface area contributed by atoms with Gasteiger partial charge in [0.15, 0.2) is 0 Å². The van der Waals surface area contributed by atoms with Gasteiger partial charge in [0.25, 0.3) is 0 Å². The Morgan fingerprint density at radius 2 is 1.22 bits per heavy atom. The van der Waals surface area contributed by atoms with Crippen molar-refractivity contribution in [2.24, 2.45) is 17.8 Å². The summed E-state index contributed by atoms with van der Waals surface area (Å²) in [6.07, 6.45) is 22.5. The molecule has 0 unspecified atom stereocenters. The molecule has 0 saturated heterocycles. The van der Waals surface area contributed by atoms with Gasteiger partial charge in [-0.25, -0.2) is 0 Å². The zero-order valence-corrected chi connectivity index (χ0v) is 16.0. The van der Waals surface area contributed by atoms with E-state index >= 15 is 0 Å². The van der Waals surface area contributed by atoms with Gasteiger partial charge in [0.05, 0.1) is 6.10 Å². The van der Waals surface area contributed by atoms with Crippen LogP contribution in [0.4, 0.5) is 0 Å². The first-order valence-electron chi connectivity index (χ1n) is 10.9. The minimum atomic E-state index is 0.584. The van der Waals surface area contributed by atoms with E-state index in [2.05, 4.69) is 13.8 Å². The molecule has 23 heavy (non-hydrogen) atoms. The van der Waals surface area contributed by atoms with E-state index in [0.29, 0.717) is 6.10 Å². The van der Waals surface area contributed by atoms with Crippen LogP contribution in [-0.4, -0.2) is 12.7 Å². The second-order valence-electron chi connectivity index (χ2n) is 8.33. The van der Waals surface area contributed by atoms with Gasteiger partial charge in [0, 0.05) is 6.61 Å². The average Bonchev–Trinajstić information content (AvgIpc) is 2.60. The van der Waals surface area contributed by atoms with Crippen molar-refractivity contribution in [3.8, 4) is 0 Å². The first-order valence-corrected chi connectivity index (χ1v) is 10.9. The smallest absolute Gasteiger partial charge is 0.0575 e. The molecule has 0 aromatic carbocycles. The van der Waals surface area contributed by atoms with Gasteiger partial charge in [-0.1, -0.05) is 64.7 Å². The predicted molar refractivity (Wildman–Crippen MR) is 101 cm³/mol. The molecule has 0 N–H and O–H groups in total. The van der Waals surface area contributed by atoms with E-state index in [1.807, 2.05) is 0 Å². The lowest BCUT2D eigenvalue weighted by Gasteiger charge is -2.37. The van der Waals surface area contributed by atoms with Crippen molar-refractivity contribution < 1.29 is 4.74 Å². The molecule has 0 aliphatic heterocycles. The molecule has 0 amide bonds. The fourth-order valence-corrected chi connectivity index (χ4v) is 5.12. The highest BCUT2D eigenvalue weighted by Crippen LogP contribution is 2.41. The van der Waals surface area contributed by atoms with Crippen LogP contribution in [0.15, 0.2) is 0 Å². The third-order valence-corrected chi connectivity index (χ3v) is 6.65. The largest absolute Gasteiger partial charge is 0.379 e. The van der Waals surface area contributed by atoms with Gasteiger partial charge in [-0.15, -0.1) is 0 Å². The van der Waals surface area contributed by atoms with Gasteiger partial charge in [0.1, 0.15) is 0 Å². The third kappa shape index (κ3) is 7.16. The highest BCUT2D eigenvalue weighted by Gasteiger charge is 2.30. The van der Waals surface area contributed by atoms with Gasteiger partial charge in [-0.05, 0) is 63.2 Å². The Kier molecular flexibility index (Phi) is 9.65. The highest BCUT2D eigenvalue weighted by atomic mass is 16.5. The Morgan fingerprint density at radius 3 is 1.83 bits per heavy atom. The standard InChI is InChI=1S/C22H42O/c1-3-5-6-7-8-9-10-19-11-13-20(14-12-19)21-15-17-22(18-16-21)23-4-2/h19-22H,3-18H2,1-2H3. The zero-order chi connectivity index (χ0) is 16.3. The molecule has 0 spiro atoms. The molecule has 2 fully saturated rings. The van der Waals surface area contributed by atoms with Crippen molar-refractivity contribution in [2.75, 3.05) is 6.61 Å². The Hall–Kier alpha value is -0.0400. The summed E-state index contributed by atoms with van der Waals surface area (Å²) in [5, 5.41) is 0. The van der Waals surface area contributed by atoms with Crippen molar-refractivity contribution in [1.82, 2.24) is 0 Å². The molecule has 1 nitrogen and oxygen atoms in total. The van der Waals surface area contributed by atoms with Crippen LogP contribution in [0.5, 0.6) is 0 Å². The first-order chi connectivity index (χ1) is 11.3. The Bertz CT molecular complexity index is 272. The van der Waals surface area contributed by atoms with Crippen molar-refractivity contribution in [1.29, 1.82) is 0 Å². The maximum atomic E-state index is 5.81. The van der Waals surface area contributed by atoms with E-state index in [1.165, 1.54) is 96.3 Å². The number of rotatable bonds is 10. The Morgan fingerprint density at radius 1 is 0.652 bits per heavy atom. The Balaban J connectivity index is 1.52. The maximum absolute atomic E-state index is 5.81. The molecule has 2 aliphatic carbocycles. The van der Waals surface area contributed by atoms with Crippen molar-refractivity contribution >= 4 is 0 Å². The lowest BCUT2D eigenvalue weighted by atomic mass is 9.70. The second kappa shape index (κ2) is 11.5. The van der Waals surface area contributed by atoms with Crippen LogP contribution in [-0.2, 0) is 4.74 Å². The van der Waals surface area contributed by atoms with Crippen LogP contribution in [0.25, 0.3) is 0 Å². The molecule has 1 heteroatoms. The number of unbranched alkanes of at least 4 members (excludes halogenated alkanes) is 5. The second-order valence-corrected chi connectivity index (χ2v) is 8.33. The first kappa shape index (κ1) is 19.3. The molecule has 0 aromatic heterocycles. The SMILES string of the molecule is CCCCCCCCC1CCC(C2CCC(OCC)CC2)CC1. The third-order valence-electron chi connectivity index (χ3n) is 6.65. The van der Waals surface area contributed by atoms with Crippen LogP contribution in [0, 0.1) is 17.8 Å². The van der Waals surface area contributed by atoms with E-state index in [4.69, 9.17) is 4.74 Å². The van der Waals surface area contributed by atoms with Gasteiger partial charge in [0.2, 0.25) is 0 Å². The number of hydrogen-bond acceptors (Lipinski definition) is 1. The molecule has 2 rings (SSSR count).